The third-order valence-corrected chi connectivity index (χ3v) is 10.4. The van der Waals surface area contributed by atoms with Gasteiger partial charge in [0.2, 0.25) is 5.95 Å². The number of nitrogens with zero attached hydrogens (tertiary/aromatic N) is 5. The van der Waals surface area contributed by atoms with Gasteiger partial charge in [-0.05, 0) is 77.6 Å². The molecule has 3 aromatic rings. The number of piperazine rings is 1. The average Bonchev–Trinajstić information content (AvgIpc) is 3.04. The summed E-state index contributed by atoms with van der Waals surface area (Å²) in [5.41, 5.74) is 2.68. The fourth-order valence-electron chi connectivity index (χ4n) is 6.34. The van der Waals surface area contributed by atoms with Crippen LogP contribution < -0.4 is 25.6 Å². The van der Waals surface area contributed by atoms with E-state index in [1.165, 1.54) is 6.20 Å². The first-order valence-electron chi connectivity index (χ1n) is 16.6. The molecule has 2 aliphatic rings. The molecule has 0 unspecified atom stereocenters. The number of carboxylic acid groups (broad SMARTS) is 1. The highest BCUT2D eigenvalue weighted by atomic mass is 31.2. The summed E-state index contributed by atoms with van der Waals surface area (Å²) in [4.78, 5) is 40.0. The molecular formula is C35H48N7O6P. The van der Waals surface area contributed by atoms with Gasteiger partial charge in [-0.25, -0.2) is 14.6 Å². The normalized spacial score (nSPS) is 16.3. The van der Waals surface area contributed by atoms with Crippen LogP contribution in [0, 0.1) is 6.92 Å². The molecule has 1 amide bonds. The number of carbonyl (C=O) groups excluding carboxylic acids is 1. The van der Waals surface area contributed by atoms with Gasteiger partial charge in [-0.3, -0.25) is 4.90 Å². The Labute approximate surface area is 288 Å². The Morgan fingerprint density at radius 3 is 2.27 bits per heavy atom. The first kappa shape index (κ1) is 35.9. The largest absolute Gasteiger partial charge is 0.494 e. The number of carboxylic acids is 1. The van der Waals surface area contributed by atoms with Crippen molar-refractivity contribution in [3.05, 3.63) is 53.7 Å². The lowest BCUT2D eigenvalue weighted by molar-refractivity contribution is 0.00900. The number of rotatable bonds is 9. The van der Waals surface area contributed by atoms with E-state index in [1.807, 2.05) is 39.8 Å². The van der Waals surface area contributed by atoms with Crippen molar-refractivity contribution in [2.75, 3.05) is 75.2 Å². The van der Waals surface area contributed by atoms with Crippen LogP contribution in [0.25, 0.3) is 0 Å². The van der Waals surface area contributed by atoms with E-state index in [1.54, 1.807) is 49.6 Å². The number of para-hydroxylation sites is 1. The van der Waals surface area contributed by atoms with Crippen molar-refractivity contribution in [2.24, 2.45) is 0 Å². The Kier molecular flexibility index (Phi) is 10.7. The number of carbonyl (C=O) groups is 2. The first-order valence-corrected chi connectivity index (χ1v) is 19.2. The summed E-state index contributed by atoms with van der Waals surface area (Å²) in [5.74, 6) is -0.330. The van der Waals surface area contributed by atoms with Gasteiger partial charge in [0.05, 0.1) is 18.5 Å². The molecule has 0 atom stereocenters. The maximum absolute atomic E-state index is 12.9. The van der Waals surface area contributed by atoms with E-state index in [0.29, 0.717) is 41.6 Å². The maximum Gasteiger partial charge on any atom is 0.410 e. The van der Waals surface area contributed by atoms with Gasteiger partial charge in [-0.15, -0.1) is 0 Å². The summed E-state index contributed by atoms with van der Waals surface area (Å²) < 4.78 is 24.3. The van der Waals surface area contributed by atoms with Gasteiger partial charge in [0.1, 0.15) is 24.1 Å². The lowest BCUT2D eigenvalue weighted by atomic mass is 10.0. The molecule has 0 aliphatic carbocycles. The van der Waals surface area contributed by atoms with Crippen molar-refractivity contribution in [3.63, 3.8) is 0 Å². The smallest absolute Gasteiger partial charge is 0.410 e. The van der Waals surface area contributed by atoms with Crippen molar-refractivity contribution in [3.8, 4) is 5.75 Å². The SMILES string of the molecule is COc1cc(N2CCC(N3CCN(C(=O)OC(C)(C)C)CC3)CC2)c(C)cc1Nc1ncc(C(=O)O)c(Nc2ccccc2P(C)(C)=O)n1. The zero-order valence-electron chi connectivity index (χ0n) is 29.4. The number of ether oxygens (including phenoxy) is 2. The zero-order chi connectivity index (χ0) is 35.5. The van der Waals surface area contributed by atoms with Crippen LogP contribution in [0.5, 0.6) is 5.75 Å². The highest BCUT2D eigenvalue weighted by Crippen LogP contribution is 2.39. The quantitative estimate of drug-likeness (QED) is 0.234. The van der Waals surface area contributed by atoms with Gasteiger partial charge in [-0.2, -0.15) is 4.98 Å². The Bertz CT molecular complexity index is 1720. The second kappa shape index (κ2) is 14.6. The molecule has 0 radical (unpaired) electrons. The van der Waals surface area contributed by atoms with Crippen molar-refractivity contribution in [1.82, 2.24) is 19.8 Å². The molecule has 5 rings (SSSR count). The highest BCUT2D eigenvalue weighted by molar-refractivity contribution is 7.70. The third kappa shape index (κ3) is 8.82. The Hall–Kier alpha value is -4.35. The minimum absolute atomic E-state index is 0.0762. The third-order valence-electron chi connectivity index (χ3n) is 8.81. The van der Waals surface area contributed by atoms with Gasteiger partial charge in [-0.1, -0.05) is 12.1 Å². The Balaban J connectivity index is 1.26. The standard InChI is InChI=1S/C35H48N7O6P/c1-23-20-27(38-33-36-22-25(32(43)44)31(39-33)37-26-10-8-9-11-30(26)49(6,7)46)29(47-5)21-28(23)41-14-12-24(13-15-41)40-16-18-42(19-17-40)34(45)48-35(2,3)4/h8-11,20-22,24H,12-19H2,1-7H3,(H,43,44)(H2,36,37,38,39). The van der Waals surface area contributed by atoms with Crippen molar-refractivity contribution in [2.45, 2.75) is 52.2 Å². The van der Waals surface area contributed by atoms with Crippen LogP contribution in [0.3, 0.4) is 0 Å². The van der Waals surface area contributed by atoms with Gasteiger partial charge < -0.3 is 39.6 Å². The maximum atomic E-state index is 12.9. The number of hydrogen-bond acceptors (Lipinski definition) is 11. The van der Waals surface area contributed by atoms with Gasteiger partial charge in [0, 0.05) is 68.6 Å². The number of aryl methyl sites for hydroxylation is 1. The van der Waals surface area contributed by atoms with Gasteiger partial charge >= 0.3 is 12.1 Å². The van der Waals surface area contributed by atoms with Crippen LogP contribution in [-0.4, -0.2) is 108 Å². The van der Waals surface area contributed by atoms with Crippen molar-refractivity contribution in [1.29, 1.82) is 0 Å². The van der Waals surface area contributed by atoms with Crippen LogP contribution in [0.4, 0.5) is 33.6 Å². The van der Waals surface area contributed by atoms with Crippen LogP contribution in [0.1, 0.15) is 49.5 Å². The molecular weight excluding hydrogens is 645 g/mol. The predicted molar refractivity (Wildman–Crippen MR) is 193 cm³/mol. The molecule has 0 bridgehead atoms. The van der Waals surface area contributed by atoms with Gasteiger partial charge in [0.15, 0.2) is 5.82 Å². The van der Waals surface area contributed by atoms with Crippen molar-refractivity contribution < 1.29 is 28.7 Å². The van der Waals surface area contributed by atoms with E-state index in [-0.39, 0.29) is 23.4 Å². The average molecular weight is 694 g/mol. The fraction of sp³-hybridized carbons (Fsp3) is 0.486. The number of methoxy groups -OCH3 is 1. The van der Waals surface area contributed by atoms with E-state index in [0.717, 1.165) is 50.3 Å². The van der Waals surface area contributed by atoms with Crippen molar-refractivity contribution >= 4 is 53.3 Å². The Morgan fingerprint density at radius 2 is 1.65 bits per heavy atom. The number of aromatic nitrogens is 2. The number of amides is 1. The zero-order valence-corrected chi connectivity index (χ0v) is 30.3. The monoisotopic (exact) mass is 693 g/mol. The lowest BCUT2D eigenvalue weighted by Crippen LogP contribution is -2.55. The van der Waals surface area contributed by atoms with Crippen LogP contribution >= 0.6 is 7.14 Å². The summed E-state index contributed by atoms with van der Waals surface area (Å²) in [6.45, 7) is 15.9. The van der Waals surface area contributed by atoms with E-state index in [2.05, 4.69) is 30.4 Å². The van der Waals surface area contributed by atoms with E-state index < -0.39 is 18.7 Å². The van der Waals surface area contributed by atoms with E-state index in [4.69, 9.17) is 9.47 Å². The second-order valence-corrected chi connectivity index (χ2v) is 17.1. The molecule has 1 aromatic heterocycles. The number of hydrogen-bond donors (Lipinski definition) is 3. The molecule has 0 spiro atoms. The van der Waals surface area contributed by atoms with Crippen LogP contribution in [0.15, 0.2) is 42.6 Å². The molecule has 2 saturated heterocycles. The number of anilines is 5. The molecule has 2 fully saturated rings. The van der Waals surface area contributed by atoms with E-state index in [9.17, 15) is 19.3 Å². The minimum Gasteiger partial charge on any atom is -0.494 e. The highest BCUT2D eigenvalue weighted by Gasteiger charge is 2.31. The summed E-state index contributed by atoms with van der Waals surface area (Å²) in [6.07, 6.45) is 3.04. The lowest BCUT2D eigenvalue weighted by Gasteiger charge is -2.43. The molecule has 49 heavy (non-hydrogen) atoms. The molecule has 14 heteroatoms. The number of aromatic carboxylic acids is 1. The number of nitrogens with one attached hydrogen (secondary N) is 2. The van der Waals surface area contributed by atoms with E-state index >= 15 is 0 Å². The summed E-state index contributed by atoms with van der Waals surface area (Å²) in [5, 5.41) is 16.7. The fourth-order valence-corrected chi connectivity index (χ4v) is 7.50. The van der Waals surface area contributed by atoms with Crippen LogP contribution in [-0.2, 0) is 9.30 Å². The van der Waals surface area contributed by atoms with Crippen LogP contribution in [0.2, 0.25) is 0 Å². The number of benzene rings is 2. The summed E-state index contributed by atoms with van der Waals surface area (Å²) >= 11 is 0. The molecule has 2 aromatic carbocycles. The molecule has 0 saturated carbocycles. The molecule has 2 aliphatic heterocycles. The minimum atomic E-state index is -2.66. The molecule has 264 valence electrons. The number of piperidine rings is 1. The summed E-state index contributed by atoms with van der Waals surface area (Å²) in [7, 11) is -1.06. The Morgan fingerprint density at radius 1 is 0.980 bits per heavy atom. The van der Waals surface area contributed by atoms with Gasteiger partial charge in [0.25, 0.3) is 0 Å². The predicted octanol–water partition coefficient (Wildman–Crippen LogP) is 5.75. The summed E-state index contributed by atoms with van der Waals surface area (Å²) in [6, 6.07) is 11.5. The molecule has 3 heterocycles. The first-order chi connectivity index (χ1) is 23.1. The second-order valence-electron chi connectivity index (χ2n) is 13.9. The molecule has 13 nitrogen and oxygen atoms in total. The topological polar surface area (TPSA) is 149 Å². The molecule has 3 N–H and O–H groups in total.